The van der Waals surface area contributed by atoms with E-state index in [4.69, 9.17) is 4.98 Å². The van der Waals surface area contributed by atoms with Gasteiger partial charge >= 0.3 is 0 Å². The average Bonchev–Trinajstić information content (AvgIpc) is 3.21. The summed E-state index contributed by atoms with van der Waals surface area (Å²) in [6, 6.07) is 21.5. The number of rotatable bonds is 5. The first-order valence-corrected chi connectivity index (χ1v) is 10.5. The van der Waals surface area contributed by atoms with Gasteiger partial charge < -0.3 is 5.32 Å². The zero-order valence-corrected chi connectivity index (χ0v) is 17.9. The summed E-state index contributed by atoms with van der Waals surface area (Å²) in [5.74, 6) is -0.0825. The van der Waals surface area contributed by atoms with E-state index in [0.29, 0.717) is 17.8 Å². The first-order valence-electron chi connectivity index (χ1n) is 10.5. The van der Waals surface area contributed by atoms with Crippen molar-refractivity contribution in [2.24, 2.45) is 0 Å². The molecule has 32 heavy (non-hydrogen) atoms. The molecule has 0 saturated heterocycles. The Hall–Kier alpha value is -4.13. The number of hydrogen-bond donors (Lipinski definition) is 1. The third kappa shape index (κ3) is 3.80. The van der Waals surface area contributed by atoms with Crippen LogP contribution in [0.4, 0.5) is 0 Å². The van der Waals surface area contributed by atoms with Crippen molar-refractivity contribution in [1.82, 2.24) is 30.3 Å². The molecular formula is C25H22N6O. The maximum absolute atomic E-state index is 12.2. The van der Waals surface area contributed by atoms with Gasteiger partial charge in [-0.25, -0.2) is 9.67 Å². The molecule has 0 unspecified atom stereocenters. The highest BCUT2D eigenvalue weighted by atomic mass is 16.1. The maximum Gasteiger partial charge on any atom is 0.251 e. The van der Waals surface area contributed by atoms with Crippen LogP contribution in [0.2, 0.25) is 0 Å². The Morgan fingerprint density at radius 1 is 1.00 bits per heavy atom. The molecule has 5 aromatic rings. The lowest BCUT2D eigenvalue weighted by Gasteiger charge is -2.09. The first-order chi connectivity index (χ1) is 15.6. The maximum atomic E-state index is 12.2. The summed E-state index contributed by atoms with van der Waals surface area (Å²) in [5.41, 5.74) is 5.79. The summed E-state index contributed by atoms with van der Waals surface area (Å²) in [5, 5.41) is 12.6. The molecule has 0 atom stereocenters. The SMILES string of the molecule is CC(C)NC(=O)c1ccc(-c2ccc3nnn(Cc4cccc5cccnc45)c3n2)cc1. The van der Waals surface area contributed by atoms with Crippen LogP contribution in [-0.4, -0.2) is 36.9 Å². The zero-order chi connectivity index (χ0) is 22.1. The minimum atomic E-state index is -0.0825. The smallest absolute Gasteiger partial charge is 0.251 e. The van der Waals surface area contributed by atoms with Crippen LogP contribution >= 0.6 is 0 Å². The molecule has 0 aliphatic heterocycles. The number of nitrogens with one attached hydrogen (secondary N) is 1. The van der Waals surface area contributed by atoms with E-state index in [1.807, 2.05) is 80.6 Å². The van der Waals surface area contributed by atoms with Crippen LogP contribution in [0.3, 0.4) is 0 Å². The summed E-state index contributed by atoms with van der Waals surface area (Å²) in [6.07, 6.45) is 1.80. The molecule has 0 aliphatic carbocycles. The van der Waals surface area contributed by atoms with Crippen molar-refractivity contribution in [3.63, 3.8) is 0 Å². The van der Waals surface area contributed by atoms with Crippen molar-refractivity contribution < 1.29 is 4.79 Å². The lowest BCUT2D eigenvalue weighted by molar-refractivity contribution is 0.0943. The van der Waals surface area contributed by atoms with Crippen LogP contribution < -0.4 is 5.32 Å². The first kappa shape index (κ1) is 19.8. The topological polar surface area (TPSA) is 85.6 Å². The van der Waals surface area contributed by atoms with Crippen LogP contribution in [0.1, 0.15) is 29.8 Å². The molecule has 0 radical (unpaired) electrons. The zero-order valence-electron chi connectivity index (χ0n) is 17.9. The van der Waals surface area contributed by atoms with Crippen molar-refractivity contribution in [1.29, 1.82) is 0 Å². The van der Waals surface area contributed by atoms with Crippen LogP contribution in [0.15, 0.2) is 72.9 Å². The Morgan fingerprint density at radius 2 is 1.81 bits per heavy atom. The molecule has 1 N–H and O–H groups in total. The van der Waals surface area contributed by atoms with Crippen molar-refractivity contribution in [3.8, 4) is 11.3 Å². The number of para-hydroxylation sites is 1. The van der Waals surface area contributed by atoms with Crippen molar-refractivity contribution in [2.75, 3.05) is 0 Å². The van der Waals surface area contributed by atoms with Gasteiger partial charge in [-0.15, -0.1) is 5.10 Å². The average molecular weight is 422 g/mol. The number of carbonyl (C=O) groups is 1. The molecule has 1 amide bonds. The van der Waals surface area contributed by atoms with E-state index in [0.717, 1.165) is 33.2 Å². The van der Waals surface area contributed by atoms with Gasteiger partial charge in [0.1, 0.15) is 5.52 Å². The summed E-state index contributed by atoms with van der Waals surface area (Å²) < 4.78 is 1.80. The number of amides is 1. The predicted molar refractivity (Wildman–Crippen MR) is 124 cm³/mol. The van der Waals surface area contributed by atoms with Crippen LogP contribution in [-0.2, 0) is 6.54 Å². The number of nitrogens with zero attached hydrogens (tertiary/aromatic N) is 5. The van der Waals surface area contributed by atoms with Gasteiger partial charge in [-0.3, -0.25) is 9.78 Å². The van der Waals surface area contributed by atoms with E-state index in [-0.39, 0.29) is 11.9 Å². The second-order valence-electron chi connectivity index (χ2n) is 7.98. The minimum absolute atomic E-state index is 0.0825. The molecule has 2 aromatic carbocycles. The lowest BCUT2D eigenvalue weighted by Crippen LogP contribution is -2.29. The molecule has 3 aromatic heterocycles. The molecule has 7 nitrogen and oxygen atoms in total. The summed E-state index contributed by atoms with van der Waals surface area (Å²) in [6.45, 7) is 4.41. The van der Waals surface area contributed by atoms with E-state index in [9.17, 15) is 4.79 Å². The Kier molecular flexibility index (Phi) is 5.07. The molecule has 0 spiro atoms. The van der Waals surface area contributed by atoms with E-state index in [1.165, 1.54) is 0 Å². The number of carbonyl (C=O) groups excluding carboxylic acids is 1. The Labute approximate surface area is 185 Å². The van der Waals surface area contributed by atoms with Gasteiger partial charge in [0.15, 0.2) is 5.65 Å². The fourth-order valence-electron chi connectivity index (χ4n) is 3.72. The van der Waals surface area contributed by atoms with E-state index >= 15 is 0 Å². The molecule has 158 valence electrons. The minimum Gasteiger partial charge on any atom is -0.350 e. The standard InChI is InChI=1S/C25H22N6O/c1-16(2)27-25(32)19-10-8-17(9-11-19)21-12-13-22-24(28-21)31(30-29-22)15-20-6-3-5-18-7-4-14-26-23(18)20/h3-14,16H,15H2,1-2H3,(H,27,32). The fraction of sp³-hybridized carbons (Fsp3) is 0.160. The van der Waals surface area contributed by atoms with Crippen molar-refractivity contribution in [3.05, 3.63) is 84.1 Å². The van der Waals surface area contributed by atoms with Crippen LogP contribution in [0.25, 0.3) is 33.3 Å². The van der Waals surface area contributed by atoms with Gasteiger partial charge in [0.25, 0.3) is 5.91 Å². The van der Waals surface area contributed by atoms with E-state index in [2.05, 4.69) is 20.6 Å². The molecule has 5 rings (SSSR count). The van der Waals surface area contributed by atoms with E-state index in [1.54, 1.807) is 10.9 Å². The molecule has 0 saturated carbocycles. The van der Waals surface area contributed by atoms with Gasteiger partial charge in [0, 0.05) is 28.8 Å². The number of aromatic nitrogens is 5. The van der Waals surface area contributed by atoms with Gasteiger partial charge in [-0.2, -0.15) is 0 Å². The van der Waals surface area contributed by atoms with E-state index < -0.39 is 0 Å². The molecule has 0 fully saturated rings. The lowest BCUT2D eigenvalue weighted by atomic mass is 10.1. The third-order valence-electron chi connectivity index (χ3n) is 5.26. The Balaban J connectivity index is 1.47. The Bertz CT molecular complexity index is 1420. The molecular weight excluding hydrogens is 400 g/mol. The quantitative estimate of drug-likeness (QED) is 0.458. The highest BCUT2D eigenvalue weighted by Gasteiger charge is 2.12. The second-order valence-corrected chi connectivity index (χ2v) is 7.98. The van der Waals surface area contributed by atoms with Gasteiger partial charge in [-0.1, -0.05) is 41.6 Å². The molecule has 0 bridgehead atoms. The highest BCUT2D eigenvalue weighted by molar-refractivity contribution is 5.94. The summed E-state index contributed by atoms with van der Waals surface area (Å²) >= 11 is 0. The second kappa shape index (κ2) is 8.19. The van der Waals surface area contributed by atoms with Crippen molar-refractivity contribution >= 4 is 28.0 Å². The Morgan fingerprint density at radius 3 is 2.62 bits per heavy atom. The van der Waals surface area contributed by atoms with Crippen LogP contribution in [0.5, 0.6) is 0 Å². The summed E-state index contributed by atoms with van der Waals surface area (Å²) in [7, 11) is 0. The number of pyridine rings is 2. The fourth-order valence-corrected chi connectivity index (χ4v) is 3.72. The van der Waals surface area contributed by atoms with Crippen LogP contribution in [0, 0.1) is 0 Å². The highest BCUT2D eigenvalue weighted by Crippen LogP contribution is 2.22. The number of fused-ring (bicyclic) bond motifs is 2. The monoisotopic (exact) mass is 422 g/mol. The number of hydrogen-bond acceptors (Lipinski definition) is 5. The van der Waals surface area contributed by atoms with Gasteiger partial charge in [-0.05, 0) is 49.7 Å². The normalized spacial score (nSPS) is 11.3. The van der Waals surface area contributed by atoms with Gasteiger partial charge in [0.2, 0.25) is 0 Å². The predicted octanol–water partition coefficient (Wildman–Crippen LogP) is 4.23. The molecule has 3 heterocycles. The molecule has 7 heteroatoms. The third-order valence-corrected chi connectivity index (χ3v) is 5.26. The van der Waals surface area contributed by atoms with Gasteiger partial charge in [0.05, 0.1) is 17.8 Å². The number of benzene rings is 2. The molecule has 0 aliphatic rings. The van der Waals surface area contributed by atoms with Crippen molar-refractivity contribution in [2.45, 2.75) is 26.4 Å². The summed E-state index contributed by atoms with van der Waals surface area (Å²) in [4.78, 5) is 21.6. The largest absolute Gasteiger partial charge is 0.350 e.